The van der Waals surface area contributed by atoms with Crippen molar-refractivity contribution in [1.82, 2.24) is 0 Å². The van der Waals surface area contributed by atoms with Crippen molar-refractivity contribution in [2.75, 3.05) is 0 Å². The molecule has 0 saturated heterocycles. The van der Waals surface area contributed by atoms with Gasteiger partial charge in [0.1, 0.15) is 0 Å². The molecule has 0 aromatic heterocycles. The van der Waals surface area contributed by atoms with E-state index in [0.717, 1.165) is 24.5 Å². The number of aryl methyl sites for hydroxylation is 1. The Hall–Kier alpha value is -1.70. The van der Waals surface area contributed by atoms with E-state index in [1.807, 2.05) is 12.1 Å². The first-order valence-corrected chi connectivity index (χ1v) is 6.71. The molecule has 1 unspecified atom stereocenters. The molecule has 0 aliphatic heterocycles. The second-order valence-electron chi connectivity index (χ2n) is 5.43. The highest BCUT2D eigenvalue weighted by molar-refractivity contribution is 5.66. The van der Waals surface area contributed by atoms with Gasteiger partial charge >= 0.3 is 0 Å². The Bertz CT molecular complexity index is 617. The standard InChI is InChI=1S/C17H16F2/c1-11-5-6-13-10-14(8-7-12(13)9-11)15-3-2-4-16(18)17(15)19/h2-4,7-8,10-11H,5-6,9H2,1H3. The highest BCUT2D eigenvalue weighted by Crippen LogP contribution is 2.31. The van der Waals surface area contributed by atoms with Crippen LogP contribution < -0.4 is 0 Å². The summed E-state index contributed by atoms with van der Waals surface area (Å²) < 4.78 is 27.1. The van der Waals surface area contributed by atoms with Crippen LogP contribution in [0.25, 0.3) is 11.1 Å². The fourth-order valence-electron chi connectivity index (χ4n) is 2.83. The first-order chi connectivity index (χ1) is 9.15. The summed E-state index contributed by atoms with van der Waals surface area (Å²) in [5.74, 6) is -0.834. The van der Waals surface area contributed by atoms with E-state index in [9.17, 15) is 8.78 Å². The Labute approximate surface area is 112 Å². The highest BCUT2D eigenvalue weighted by atomic mass is 19.2. The average molecular weight is 258 g/mol. The molecule has 0 N–H and O–H groups in total. The zero-order valence-electron chi connectivity index (χ0n) is 10.9. The fraction of sp³-hybridized carbons (Fsp3) is 0.294. The van der Waals surface area contributed by atoms with Crippen molar-refractivity contribution in [3.05, 3.63) is 59.2 Å². The van der Waals surface area contributed by atoms with E-state index in [1.54, 1.807) is 12.1 Å². The molecule has 1 aliphatic rings. The summed E-state index contributed by atoms with van der Waals surface area (Å²) in [5.41, 5.74) is 3.74. The molecule has 2 aromatic carbocycles. The number of hydrogen-bond donors (Lipinski definition) is 0. The maximum atomic E-state index is 13.8. The Morgan fingerprint density at radius 1 is 1.05 bits per heavy atom. The zero-order valence-corrected chi connectivity index (χ0v) is 10.9. The predicted molar refractivity (Wildman–Crippen MR) is 73.0 cm³/mol. The lowest BCUT2D eigenvalue weighted by atomic mass is 9.83. The second kappa shape index (κ2) is 4.76. The van der Waals surface area contributed by atoms with E-state index in [-0.39, 0.29) is 0 Å². The summed E-state index contributed by atoms with van der Waals surface area (Å²) in [6.07, 6.45) is 3.28. The molecule has 0 heterocycles. The van der Waals surface area contributed by atoms with Crippen LogP contribution in [0.4, 0.5) is 8.78 Å². The summed E-state index contributed by atoms with van der Waals surface area (Å²) in [6.45, 7) is 2.25. The monoisotopic (exact) mass is 258 g/mol. The molecule has 0 nitrogen and oxygen atoms in total. The van der Waals surface area contributed by atoms with Crippen LogP contribution in [-0.4, -0.2) is 0 Å². The molecule has 0 spiro atoms. The van der Waals surface area contributed by atoms with Gasteiger partial charge in [-0.1, -0.05) is 37.3 Å². The Kier molecular flexibility index (Phi) is 3.09. The van der Waals surface area contributed by atoms with E-state index in [1.165, 1.54) is 17.5 Å². The van der Waals surface area contributed by atoms with Crippen molar-refractivity contribution < 1.29 is 8.78 Å². The second-order valence-corrected chi connectivity index (χ2v) is 5.43. The van der Waals surface area contributed by atoms with Gasteiger partial charge in [0.25, 0.3) is 0 Å². The maximum Gasteiger partial charge on any atom is 0.166 e. The lowest BCUT2D eigenvalue weighted by molar-refractivity contribution is 0.501. The number of fused-ring (bicyclic) bond motifs is 1. The molecular formula is C17H16F2. The van der Waals surface area contributed by atoms with E-state index >= 15 is 0 Å². The SMILES string of the molecule is CC1CCc2cc(-c3cccc(F)c3F)ccc2C1. The van der Waals surface area contributed by atoms with Crippen molar-refractivity contribution in [3.63, 3.8) is 0 Å². The van der Waals surface area contributed by atoms with E-state index < -0.39 is 11.6 Å². The molecule has 0 fully saturated rings. The van der Waals surface area contributed by atoms with Gasteiger partial charge in [0.15, 0.2) is 11.6 Å². The Morgan fingerprint density at radius 3 is 2.74 bits per heavy atom. The molecule has 98 valence electrons. The fourth-order valence-corrected chi connectivity index (χ4v) is 2.83. The van der Waals surface area contributed by atoms with Crippen molar-refractivity contribution >= 4 is 0 Å². The van der Waals surface area contributed by atoms with Crippen molar-refractivity contribution in [3.8, 4) is 11.1 Å². The number of rotatable bonds is 1. The highest BCUT2D eigenvalue weighted by Gasteiger charge is 2.17. The molecule has 0 amide bonds. The van der Waals surface area contributed by atoms with Crippen molar-refractivity contribution in [2.24, 2.45) is 5.92 Å². The van der Waals surface area contributed by atoms with Gasteiger partial charge in [0.05, 0.1) is 0 Å². The maximum absolute atomic E-state index is 13.8. The van der Waals surface area contributed by atoms with Gasteiger partial charge in [0, 0.05) is 5.56 Å². The first-order valence-electron chi connectivity index (χ1n) is 6.71. The van der Waals surface area contributed by atoms with Gasteiger partial charge in [-0.25, -0.2) is 8.78 Å². The molecule has 0 radical (unpaired) electrons. The van der Waals surface area contributed by atoms with Crippen LogP contribution in [0.5, 0.6) is 0 Å². The molecule has 1 aliphatic carbocycles. The van der Waals surface area contributed by atoms with Crippen molar-refractivity contribution in [1.29, 1.82) is 0 Å². The molecule has 2 aromatic rings. The lowest BCUT2D eigenvalue weighted by Gasteiger charge is -2.22. The minimum absolute atomic E-state index is 0.349. The van der Waals surface area contributed by atoms with E-state index in [2.05, 4.69) is 13.0 Å². The predicted octanol–water partition coefficient (Wildman–Crippen LogP) is 4.76. The number of hydrogen-bond acceptors (Lipinski definition) is 0. The molecular weight excluding hydrogens is 242 g/mol. The molecule has 2 heteroatoms. The molecule has 3 rings (SSSR count). The smallest absolute Gasteiger partial charge is 0.166 e. The quantitative estimate of drug-likeness (QED) is 0.692. The summed E-state index contributed by atoms with van der Waals surface area (Å²) in [7, 11) is 0. The summed E-state index contributed by atoms with van der Waals surface area (Å²) >= 11 is 0. The molecule has 19 heavy (non-hydrogen) atoms. The zero-order chi connectivity index (χ0) is 13.4. The minimum Gasteiger partial charge on any atom is -0.204 e. The van der Waals surface area contributed by atoms with Crippen LogP contribution in [0.1, 0.15) is 24.5 Å². The summed E-state index contributed by atoms with van der Waals surface area (Å²) in [4.78, 5) is 0. The van der Waals surface area contributed by atoms with Gasteiger partial charge in [-0.15, -0.1) is 0 Å². The molecule has 0 bridgehead atoms. The van der Waals surface area contributed by atoms with Crippen LogP contribution in [0.3, 0.4) is 0 Å². The summed E-state index contributed by atoms with van der Waals surface area (Å²) in [6, 6.07) is 10.3. The van der Waals surface area contributed by atoms with Crippen LogP contribution in [-0.2, 0) is 12.8 Å². The summed E-state index contributed by atoms with van der Waals surface area (Å²) in [5, 5.41) is 0. The average Bonchev–Trinajstić information content (AvgIpc) is 2.41. The van der Waals surface area contributed by atoms with E-state index in [0.29, 0.717) is 11.5 Å². The van der Waals surface area contributed by atoms with Crippen molar-refractivity contribution in [2.45, 2.75) is 26.2 Å². The third kappa shape index (κ3) is 2.27. The van der Waals surface area contributed by atoms with Gasteiger partial charge in [0.2, 0.25) is 0 Å². The van der Waals surface area contributed by atoms with E-state index in [4.69, 9.17) is 0 Å². The third-order valence-electron chi connectivity index (χ3n) is 3.94. The molecule has 0 saturated carbocycles. The number of halogens is 2. The third-order valence-corrected chi connectivity index (χ3v) is 3.94. The van der Waals surface area contributed by atoms with Gasteiger partial charge in [-0.2, -0.15) is 0 Å². The topological polar surface area (TPSA) is 0 Å². The van der Waals surface area contributed by atoms with Crippen LogP contribution in [0.2, 0.25) is 0 Å². The van der Waals surface area contributed by atoms with Gasteiger partial charge in [-0.3, -0.25) is 0 Å². The number of benzene rings is 2. The molecule has 1 atom stereocenters. The normalized spacial score (nSPS) is 18.2. The first kappa shape index (κ1) is 12.3. The largest absolute Gasteiger partial charge is 0.204 e. The van der Waals surface area contributed by atoms with Crippen LogP contribution in [0, 0.1) is 17.6 Å². The van der Waals surface area contributed by atoms with Crippen LogP contribution >= 0.6 is 0 Å². The van der Waals surface area contributed by atoms with Crippen LogP contribution in [0.15, 0.2) is 36.4 Å². The minimum atomic E-state index is -0.788. The van der Waals surface area contributed by atoms with Gasteiger partial charge in [-0.05, 0) is 47.9 Å². The Balaban J connectivity index is 2.05. The Morgan fingerprint density at radius 2 is 1.89 bits per heavy atom. The lowest BCUT2D eigenvalue weighted by Crippen LogP contribution is -2.11. The van der Waals surface area contributed by atoms with Gasteiger partial charge < -0.3 is 0 Å².